The first-order chi connectivity index (χ1) is 4.41. The third-order valence-electron chi connectivity index (χ3n) is 1.67. The Morgan fingerprint density at radius 3 is 2.40 bits per heavy atom. The van der Waals surface area contributed by atoms with Gasteiger partial charge in [0.1, 0.15) is 0 Å². The van der Waals surface area contributed by atoms with Crippen LogP contribution in [0.2, 0.25) is 0 Å². The van der Waals surface area contributed by atoms with Crippen molar-refractivity contribution in [1.29, 1.82) is 0 Å². The molecule has 1 aliphatic heterocycles. The van der Waals surface area contributed by atoms with E-state index in [-0.39, 0.29) is 4.32 Å². The maximum absolute atomic E-state index is 11.0. The Morgan fingerprint density at radius 1 is 1.50 bits per heavy atom. The number of rotatable bonds is 0. The molecule has 0 bridgehead atoms. The third kappa shape index (κ3) is 2.23. The van der Waals surface area contributed by atoms with E-state index in [9.17, 15) is 8.42 Å². The maximum Gasteiger partial charge on any atom is 0.151 e. The minimum atomic E-state index is -2.74. The molecule has 0 radical (unpaired) electrons. The smallest absolute Gasteiger partial charge is 0.151 e. The van der Waals surface area contributed by atoms with Crippen molar-refractivity contribution in [2.24, 2.45) is 0 Å². The van der Waals surface area contributed by atoms with E-state index in [1.54, 1.807) is 0 Å². The van der Waals surface area contributed by atoms with E-state index in [2.05, 4.69) is 15.9 Å². The SMILES string of the molecule is CC1(Br)CCCS(=O)(=O)C1. The van der Waals surface area contributed by atoms with Gasteiger partial charge >= 0.3 is 0 Å². The van der Waals surface area contributed by atoms with Crippen molar-refractivity contribution >= 4 is 25.8 Å². The molecule has 1 saturated heterocycles. The molecule has 0 aromatic heterocycles. The van der Waals surface area contributed by atoms with Gasteiger partial charge in [0, 0.05) is 4.32 Å². The van der Waals surface area contributed by atoms with Crippen molar-refractivity contribution < 1.29 is 8.42 Å². The van der Waals surface area contributed by atoms with E-state index < -0.39 is 9.84 Å². The third-order valence-corrected chi connectivity index (χ3v) is 4.71. The summed E-state index contributed by atoms with van der Waals surface area (Å²) >= 11 is 3.39. The van der Waals surface area contributed by atoms with Crippen LogP contribution in [0.15, 0.2) is 0 Å². The Bertz CT molecular complexity index is 218. The topological polar surface area (TPSA) is 34.1 Å². The molecule has 0 spiro atoms. The largest absolute Gasteiger partial charge is 0.229 e. The quantitative estimate of drug-likeness (QED) is 0.585. The molecule has 10 heavy (non-hydrogen) atoms. The molecule has 0 aliphatic carbocycles. The Morgan fingerprint density at radius 2 is 2.10 bits per heavy atom. The highest BCUT2D eigenvalue weighted by Gasteiger charge is 2.32. The second-order valence-electron chi connectivity index (χ2n) is 3.11. The van der Waals surface area contributed by atoms with Crippen LogP contribution in [0.25, 0.3) is 0 Å². The standard InChI is InChI=1S/C6H11BrO2S/c1-6(7)3-2-4-10(8,9)5-6/h2-5H2,1H3. The van der Waals surface area contributed by atoms with Gasteiger partial charge in [0.15, 0.2) is 9.84 Å². The lowest BCUT2D eigenvalue weighted by Gasteiger charge is -2.26. The molecule has 0 amide bonds. The van der Waals surface area contributed by atoms with E-state index in [1.807, 2.05) is 6.92 Å². The molecular formula is C6H11BrO2S. The van der Waals surface area contributed by atoms with Crippen LogP contribution in [0.5, 0.6) is 0 Å². The van der Waals surface area contributed by atoms with Gasteiger partial charge in [-0.1, -0.05) is 15.9 Å². The lowest BCUT2D eigenvalue weighted by molar-refractivity contribution is 0.546. The van der Waals surface area contributed by atoms with Gasteiger partial charge in [-0.3, -0.25) is 0 Å². The highest BCUT2D eigenvalue weighted by molar-refractivity contribution is 9.10. The van der Waals surface area contributed by atoms with Crippen LogP contribution < -0.4 is 0 Å². The lowest BCUT2D eigenvalue weighted by atomic mass is 10.1. The summed E-state index contributed by atoms with van der Waals surface area (Å²) in [7, 11) is -2.74. The second kappa shape index (κ2) is 2.48. The summed E-state index contributed by atoms with van der Waals surface area (Å²) < 4.78 is 21.9. The van der Waals surface area contributed by atoms with Crippen LogP contribution in [0.3, 0.4) is 0 Å². The van der Waals surface area contributed by atoms with Crippen LogP contribution in [0, 0.1) is 0 Å². The molecule has 0 aromatic carbocycles. The summed E-state index contributed by atoms with van der Waals surface area (Å²) in [5, 5.41) is 0. The number of sulfone groups is 1. The molecule has 2 nitrogen and oxygen atoms in total. The maximum atomic E-state index is 11.0. The summed E-state index contributed by atoms with van der Waals surface area (Å²) in [6, 6.07) is 0. The van der Waals surface area contributed by atoms with Crippen LogP contribution in [-0.4, -0.2) is 24.2 Å². The van der Waals surface area contributed by atoms with Crippen LogP contribution in [0.4, 0.5) is 0 Å². The fraction of sp³-hybridized carbons (Fsp3) is 1.00. The van der Waals surface area contributed by atoms with Crippen LogP contribution in [0.1, 0.15) is 19.8 Å². The van der Waals surface area contributed by atoms with Gasteiger partial charge in [-0.25, -0.2) is 8.42 Å². The predicted octanol–water partition coefficient (Wildman–Crippen LogP) is 1.35. The summed E-state index contributed by atoms with van der Waals surface area (Å²) in [6.07, 6.45) is 1.76. The van der Waals surface area contributed by atoms with E-state index >= 15 is 0 Å². The van der Waals surface area contributed by atoms with Crippen LogP contribution in [-0.2, 0) is 9.84 Å². The van der Waals surface area contributed by atoms with Crippen molar-refractivity contribution in [3.63, 3.8) is 0 Å². The first-order valence-electron chi connectivity index (χ1n) is 3.31. The fourth-order valence-electron chi connectivity index (χ4n) is 1.26. The Labute approximate surface area is 70.1 Å². The predicted molar refractivity (Wildman–Crippen MR) is 45.2 cm³/mol. The lowest BCUT2D eigenvalue weighted by Crippen LogP contribution is -2.34. The number of hydrogen-bond donors (Lipinski definition) is 0. The Kier molecular flexibility index (Phi) is 2.12. The molecule has 1 aliphatic rings. The molecule has 0 saturated carbocycles. The first-order valence-corrected chi connectivity index (χ1v) is 5.92. The highest BCUT2D eigenvalue weighted by Crippen LogP contribution is 2.30. The van der Waals surface area contributed by atoms with Crippen LogP contribution >= 0.6 is 15.9 Å². The highest BCUT2D eigenvalue weighted by atomic mass is 79.9. The molecule has 0 aromatic rings. The average molecular weight is 227 g/mol. The van der Waals surface area contributed by atoms with Gasteiger partial charge in [-0.05, 0) is 19.8 Å². The van der Waals surface area contributed by atoms with Gasteiger partial charge < -0.3 is 0 Å². The fourth-order valence-corrected chi connectivity index (χ4v) is 4.38. The summed E-state index contributed by atoms with van der Waals surface area (Å²) in [6.45, 7) is 1.93. The molecule has 4 heteroatoms. The molecule has 1 heterocycles. The van der Waals surface area contributed by atoms with Gasteiger partial charge in [0.2, 0.25) is 0 Å². The zero-order chi connectivity index (χ0) is 7.83. The van der Waals surface area contributed by atoms with Gasteiger partial charge in [-0.15, -0.1) is 0 Å². The number of hydrogen-bond acceptors (Lipinski definition) is 2. The molecule has 60 valence electrons. The molecule has 1 fully saturated rings. The number of alkyl halides is 1. The minimum absolute atomic E-state index is 0.163. The first kappa shape index (κ1) is 8.53. The molecule has 1 rings (SSSR count). The monoisotopic (exact) mass is 226 g/mol. The van der Waals surface area contributed by atoms with Crippen molar-refractivity contribution in [2.75, 3.05) is 11.5 Å². The summed E-state index contributed by atoms with van der Waals surface area (Å²) in [5.41, 5.74) is 0. The van der Waals surface area contributed by atoms with Crippen molar-refractivity contribution in [2.45, 2.75) is 24.1 Å². The molecular weight excluding hydrogens is 216 g/mol. The second-order valence-corrected chi connectivity index (χ2v) is 7.21. The Hall–Kier alpha value is 0.430. The van der Waals surface area contributed by atoms with Gasteiger partial charge in [0.25, 0.3) is 0 Å². The van der Waals surface area contributed by atoms with E-state index in [0.717, 1.165) is 12.8 Å². The van der Waals surface area contributed by atoms with Gasteiger partial charge in [-0.2, -0.15) is 0 Å². The molecule has 0 N–H and O–H groups in total. The normalized spacial score (nSPS) is 39.4. The number of halogens is 1. The van der Waals surface area contributed by atoms with E-state index in [4.69, 9.17) is 0 Å². The minimum Gasteiger partial charge on any atom is -0.229 e. The summed E-state index contributed by atoms with van der Waals surface area (Å²) in [4.78, 5) is 0. The van der Waals surface area contributed by atoms with E-state index in [0.29, 0.717) is 11.5 Å². The average Bonchev–Trinajstić information content (AvgIpc) is 1.56. The zero-order valence-corrected chi connectivity index (χ0v) is 8.33. The van der Waals surface area contributed by atoms with Crippen molar-refractivity contribution in [1.82, 2.24) is 0 Å². The zero-order valence-electron chi connectivity index (χ0n) is 5.93. The molecule has 1 unspecified atom stereocenters. The van der Waals surface area contributed by atoms with Crippen molar-refractivity contribution in [3.8, 4) is 0 Å². The summed E-state index contributed by atoms with van der Waals surface area (Å²) in [5.74, 6) is 0.661. The molecule has 1 atom stereocenters. The van der Waals surface area contributed by atoms with E-state index in [1.165, 1.54) is 0 Å². The Balaban J connectivity index is 2.75. The van der Waals surface area contributed by atoms with Gasteiger partial charge in [0.05, 0.1) is 11.5 Å². The van der Waals surface area contributed by atoms with Crippen molar-refractivity contribution in [3.05, 3.63) is 0 Å².